The molecule has 0 unspecified atom stereocenters. The van der Waals surface area contributed by atoms with Crippen molar-refractivity contribution in [3.8, 4) is 0 Å². The quantitative estimate of drug-likeness (QED) is 0.731. The van der Waals surface area contributed by atoms with Crippen molar-refractivity contribution in [2.45, 2.75) is 13.3 Å². The van der Waals surface area contributed by atoms with Crippen LogP contribution in [0.25, 0.3) is 0 Å². The second-order valence-electron chi connectivity index (χ2n) is 3.58. The Bertz CT molecular complexity index is 356. The molecule has 0 aromatic carbocycles. The average molecular weight is 226 g/mol. The molecule has 1 aromatic rings. The molecule has 0 bridgehead atoms. The Balaban J connectivity index is 2.85. The van der Waals surface area contributed by atoms with Gasteiger partial charge in [-0.1, -0.05) is 6.92 Å². The number of aliphatic hydroxyl groups is 1. The van der Waals surface area contributed by atoms with Crippen LogP contribution in [0.1, 0.15) is 23.7 Å². The van der Waals surface area contributed by atoms with Crippen molar-refractivity contribution in [3.05, 3.63) is 11.8 Å². The van der Waals surface area contributed by atoms with E-state index in [0.717, 1.165) is 6.42 Å². The highest BCUT2D eigenvalue weighted by Crippen LogP contribution is 2.12. The molecule has 1 aromatic heterocycles. The largest absolute Gasteiger partial charge is 0.395 e. The minimum atomic E-state index is -0.179. The van der Waals surface area contributed by atoms with Gasteiger partial charge in [-0.25, -0.2) is 0 Å². The van der Waals surface area contributed by atoms with Crippen LogP contribution in [0, 0.1) is 0 Å². The molecule has 0 aliphatic heterocycles. The van der Waals surface area contributed by atoms with Crippen molar-refractivity contribution in [1.29, 1.82) is 0 Å². The summed E-state index contributed by atoms with van der Waals surface area (Å²) in [4.78, 5) is 13.6. The Morgan fingerprint density at radius 1 is 1.62 bits per heavy atom. The number of nitrogen functional groups attached to an aromatic ring is 1. The van der Waals surface area contributed by atoms with Crippen LogP contribution in [0.4, 0.5) is 5.82 Å². The van der Waals surface area contributed by atoms with Gasteiger partial charge in [0.15, 0.2) is 0 Å². The first-order chi connectivity index (χ1) is 7.61. The molecule has 90 valence electrons. The van der Waals surface area contributed by atoms with Crippen molar-refractivity contribution in [2.75, 3.05) is 25.4 Å². The average Bonchev–Trinajstić information content (AvgIpc) is 2.59. The smallest absolute Gasteiger partial charge is 0.259 e. The monoisotopic (exact) mass is 226 g/mol. The van der Waals surface area contributed by atoms with Crippen LogP contribution < -0.4 is 5.73 Å². The third-order valence-corrected chi connectivity index (χ3v) is 2.37. The molecular weight excluding hydrogens is 208 g/mol. The minimum Gasteiger partial charge on any atom is -0.395 e. The van der Waals surface area contributed by atoms with Gasteiger partial charge in [-0.05, 0) is 6.42 Å². The number of carbonyl (C=O) groups excluding carboxylic acids is 1. The van der Waals surface area contributed by atoms with Crippen LogP contribution in [0.5, 0.6) is 0 Å². The summed E-state index contributed by atoms with van der Waals surface area (Å²) in [7, 11) is 1.68. The number of amides is 1. The number of carbonyl (C=O) groups is 1. The number of hydrogen-bond acceptors (Lipinski definition) is 4. The van der Waals surface area contributed by atoms with Crippen LogP contribution >= 0.6 is 0 Å². The Morgan fingerprint density at radius 2 is 2.31 bits per heavy atom. The molecule has 0 aliphatic rings. The number of nitrogens with two attached hydrogens (primary N) is 1. The fourth-order valence-corrected chi connectivity index (χ4v) is 1.49. The molecule has 0 spiro atoms. The van der Waals surface area contributed by atoms with Gasteiger partial charge in [0.2, 0.25) is 0 Å². The van der Waals surface area contributed by atoms with Gasteiger partial charge in [-0.3, -0.25) is 9.48 Å². The minimum absolute atomic E-state index is 0.0497. The normalized spacial score (nSPS) is 10.4. The standard InChI is InChI=1S/C10H18N4O2/c1-3-4-14(5-6-15)10(16)8-7-12-13(2)9(8)11/h7,15H,3-6,11H2,1-2H3. The third-order valence-electron chi connectivity index (χ3n) is 2.37. The molecule has 1 rings (SSSR count). The topological polar surface area (TPSA) is 84.4 Å². The summed E-state index contributed by atoms with van der Waals surface area (Å²) >= 11 is 0. The Morgan fingerprint density at radius 3 is 2.75 bits per heavy atom. The van der Waals surface area contributed by atoms with E-state index < -0.39 is 0 Å². The zero-order valence-electron chi connectivity index (χ0n) is 9.68. The Labute approximate surface area is 94.6 Å². The molecule has 0 aliphatic carbocycles. The summed E-state index contributed by atoms with van der Waals surface area (Å²) in [5.41, 5.74) is 6.12. The summed E-state index contributed by atoms with van der Waals surface area (Å²) in [6, 6.07) is 0. The SMILES string of the molecule is CCCN(CCO)C(=O)c1cnn(C)c1N. The Hall–Kier alpha value is -1.56. The van der Waals surface area contributed by atoms with Crippen molar-refractivity contribution >= 4 is 11.7 Å². The fourth-order valence-electron chi connectivity index (χ4n) is 1.49. The fraction of sp³-hybridized carbons (Fsp3) is 0.600. The molecule has 16 heavy (non-hydrogen) atoms. The summed E-state index contributed by atoms with van der Waals surface area (Å²) in [5.74, 6) is 0.172. The summed E-state index contributed by atoms with van der Waals surface area (Å²) in [6.45, 7) is 2.85. The molecule has 0 saturated carbocycles. The first-order valence-electron chi connectivity index (χ1n) is 5.29. The van der Waals surface area contributed by atoms with Gasteiger partial charge in [0.05, 0.1) is 12.8 Å². The molecule has 0 fully saturated rings. The molecule has 1 heterocycles. The highest BCUT2D eigenvalue weighted by molar-refractivity contribution is 5.98. The van der Waals surface area contributed by atoms with Crippen LogP contribution in [0.3, 0.4) is 0 Å². The summed E-state index contributed by atoms with van der Waals surface area (Å²) in [5, 5.41) is 12.8. The van der Waals surface area contributed by atoms with Crippen LogP contribution in [-0.2, 0) is 7.05 Å². The number of aliphatic hydroxyl groups excluding tert-OH is 1. The van der Waals surface area contributed by atoms with E-state index in [1.807, 2.05) is 6.92 Å². The number of aromatic nitrogens is 2. The first-order valence-corrected chi connectivity index (χ1v) is 5.29. The maximum Gasteiger partial charge on any atom is 0.259 e. The van der Waals surface area contributed by atoms with Gasteiger partial charge >= 0.3 is 0 Å². The van der Waals surface area contributed by atoms with Crippen molar-refractivity contribution in [1.82, 2.24) is 14.7 Å². The van der Waals surface area contributed by atoms with E-state index in [-0.39, 0.29) is 12.5 Å². The van der Waals surface area contributed by atoms with E-state index in [1.54, 1.807) is 11.9 Å². The van der Waals surface area contributed by atoms with Gasteiger partial charge < -0.3 is 15.7 Å². The lowest BCUT2D eigenvalue weighted by Crippen LogP contribution is -2.34. The number of aryl methyl sites for hydroxylation is 1. The second kappa shape index (κ2) is 5.50. The zero-order valence-corrected chi connectivity index (χ0v) is 9.68. The molecule has 6 heteroatoms. The molecule has 6 nitrogen and oxygen atoms in total. The number of anilines is 1. The molecule has 1 amide bonds. The van der Waals surface area contributed by atoms with E-state index in [1.165, 1.54) is 10.9 Å². The van der Waals surface area contributed by atoms with E-state index in [0.29, 0.717) is 24.5 Å². The molecule has 0 atom stereocenters. The predicted molar refractivity (Wildman–Crippen MR) is 60.9 cm³/mol. The van der Waals surface area contributed by atoms with Gasteiger partial charge in [-0.2, -0.15) is 5.10 Å². The molecule has 0 saturated heterocycles. The van der Waals surface area contributed by atoms with Gasteiger partial charge in [0, 0.05) is 20.1 Å². The maximum atomic E-state index is 12.0. The predicted octanol–water partition coefficient (Wildman–Crippen LogP) is -0.153. The lowest BCUT2D eigenvalue weighted by Gasteiger charge is -2.20. The van der Waals surface area contributed by atoms with E-state index >= 15 is 0 Å². The molecular formula is C10H18N4O2. The van der Waals surface area contributed by atoms with Crippen molar-refractivity contribution in [3.63, 3.8) is 0 Å². The van der Waals surface area contributed by atoms with Gasteiger partial charge in [-0.15, -0.1) is 0 Å². The van der Waals surface area contributed by atoms with E-state index in [2.05, 4.69) is 5.10 Å². The molecule has 3 N–H and O–H groups in total. The Kier molecular flexibility index (Phi) is 4.30. The van der Waals surface area contributed by atoms with Gasteiger partial charge in [0.1, 0.15) is 11.4 Å². The van der Waals surface area contributed by atoms with Crippen LogP contribution in [0.15, 0.2) is 6.20 Å². The maximum absolute atomic E-state index is 12.0. The van der Waals surface area contributed by atoms with E-state index in [4.69, 9.17) is 10.8 Å². The zero-order chi connectivity index (χ0) is 12.1. The van der Waals surface area contributed by atoms with Gasteiger partial charge in [0.25, 0.3) is 5.91 Å². The lowest BCUT2D eigenvalue weighted by molar-refractivity contribution is 0.0723. The highest BCUT2D eigenvalue weighted by Gasteiger charge is 2.19. The first kappa shape index (κ1) is 12.5. The van der Waals surface area contributed by atoms with Crippen molar-refractivity contribution < 1.29 is 9.90 Å². The highest BCUT2D eigenvalue weighted by atomic mass is 16.3. The number of nitrogens with zero attached hydrogens (tertiary/aromatic N) is 3. The molecule has 0 radical (unpaired) electrons. The third kappa shape index (κ3) is 2.52. The second-order valence-corrected chi connectivity index (χ2v) is 3.58. The van der Waals surface area contributed by atoms with Crippen LogP contribution in [-0.4, -0.2) is 45.4 Å². The lowest BCUT2D eigenvalue weighted by atomic mass is 10.2. The number of hydrogen-bond donors (Lipinski definition) is 2. The summed E-state index contributed by atoms with van der Waals surface area (Å²) < 4.78 is 1.45. The van der Waals surface area contributed by atoms with Crippen LogP contribution in [0.2, 0.25) is 0 Å². The summed E-state index contributed by atoms with van der Waals surface area (Å²) in [6.07, 6.45) is 2.30. The van der Waals surface area contributed by atoms with E-state index in [9.17, 15) is 4.79 Å². The number of rotatable bonds is 5. The van der Waals surface area contributed by atoms with Crippen molar-refractivity contribution in [2.24, 2.45) is 7.05 Å².